The second-order valence-electron chi connectivity index (χ2n) is 3.09. The number of hydrogen-bond acceptors (Lipinski definition) is 4. The summed E-state index contributed by atoms with van der Waals surface area (Å²) in [6, 6.07) is 2.69. The molecule has 1 aromatic carbocycles. The molecule has 0 aliphatic rings. The number of ether oxygens (including phenoxy) is 1. The molecule has 2 rings (SSSR count). The van der Waals surface area contributed by atoms with Crippen LogP contribution in [0.25, 0.3) is 0 Å². The van der Waals surface area contributed by atoms with Crippen molar-refractivity contribution in [3.05, 3.63) is 39.3 Å². The topological polar surface area (TPSA) is 61.0 Å². The summed E-state index contributed by atoms with van der Waals surface area (Å²) < 4.78 is 19.6. The summed E-state index contributed by atoms with van der Waals surface area (Å²) in [5.41, 5.74) is 5.98. The smallest absolute Gasteiger partial charge is 0.322 e. The summed E-state index contributed by atoms with van der Waals surface area (Å²) in [5.74, 6) is -0.292. The summed E-state index contributed by atoms with van der Waals surface area (Å²) >= 11 is 6.22. The van der Waals surface area contributed by atoms with Crippen molar-refractivity contribution >= 4 is 37.5 Å². The highest BCUT2D eigenvalue weighted by Gasteiger charge is 2.09. The first kappa shape index (κ1) is 12.3. The van der Waals surface area contributed by atoms with Gasteiger partial charge in [-0.25, -0.2) is 14.4 Å². The lowest BCUT2D eigenvalue weighted by atomic mass is 10.3. The third-order valence-corrected chi connectivity index (χ3v) is 2.87. The fourth-order valence-corrected chi connectivity index (χ4v) is 1.65. The lowest BCUT2D eigenvalue weighted by Gasteiger charge is -2.07. The zero-order valence-corrected chi connectivity index (χ0v) is 11.5. The number of aromatic nitrogens is 2. The highest BCUT2D eigenvalue weighted by atomic mass is 79.9. The second-order valence-corrected chi connectivity index (χ2v) is 4.86. The van der Waals surface area contributed by atoms with Crippen LogP contribution in [-0.4, -0.2) is 9.97 Å². The number of nitrogen functional groups attached to an aromatic ring is 1. The van der Waals surface area contributed by atoms with Crippen LogP contribution in [0.2, 0.25) is 0 Å². The predicted molar refractivity (Wildman–Crippen MR) is 68.3 cm³/mol. The molecule has 0 spiro atoms. The van der Waals surface area contributed by atoms with Crippen molar-refractivity contribution in [1.82, 2.24) is 9.97 Å². The number of anilines is 1. The molecule has 0 aliphatic carbocycles. The molecule has 17 heavy (non-hydrogen) atoms. The molecule has 0 aliphatic heterocycles. The average molecular weight is 363 g/mol. The number of nitrogens with zero attached hydrogens (tertiary/aromatic N) is 2. The normalized spacial score (nSPS) is 10.3. The van der Waals surface area contributed by atoms with Crippen molar-refractivity contribution in [2.45, 2.75) is 0 Å². The minimum absolute atomic E-state index is 0.0987. The molecule has 88 valence electrons. The van der Waals surface area contributed by atoms with Crippen LogP contribution < -0.4 is 10.5 Å². The Labute approximate surface area is 113 Å². The van der Waals surface area contributed by atoms with Crippen molar-refractivity contribution in [3.8, 4) is 11.8 Å². The van der Waals surface area contributed by atoms with Gasteiger partial charge in [0.1, 0.15) is 5.82 Å². The zero-order chi connectivity index (χ0) is 12.4. The van der Waals surface area contributed by atoms with E-state index in [4.69, 9.17) is 10.5 Å². The van der Waals surface area contributed by atoms with E-state index in [2.05, 4.69) is 41.8 Å². The standard InChI is InChI=1S/C10H6Br2FN3O/c11-5-3-15-10(16-4-5)17-9-2-7(13)6(12)1-8(9)14/h1-4H,14H2. The van der Waals surface area contributed by atoms with Crippen LogP contribution in [0.1, 0.15) is 0 Å². The van der Waals surface area contributed by atoms with E-state index < -0.39 is 5.82 Å². The first-order valence-electron chi connectivity index (χ1n) is 4.46. The van der Waals surface area contributed by atoms with E-state index in [1.165, 1.54) is 24.5 Å². The molecule has 0 saturated carbocycles. The quantitative estimate of drug-likeness (QED) is 0.830. The van der Waals surface area contributed by atoms with E-state index in [9.17, 15) is 4.39 Å². The minimum atomic E-state index is -0.466. The maximum Gasteiger partial charge on any atom is 0.322 e. The molecule has 0 saturated heterocycles. The van der Waals surface area contributed by atoms with Crippen molar-refractivity contribution < 1.29 is 9.13 Å². The van der Waals surface area contributed by atoms with Crippen LogP contribution in [0.15, 0.2) is 33.5 Å². The molecule has 0 amide bonds. The Kier molecular flexibility index (Phi) is 3.58. The van der Waals surface area contributed by atoms with E-state index in [1.807, 2.05) is 0 Å². The van der Waals surface area contributed by atoms with Crippen molar-refractivity contribution in [3.63, 3.8) is 0 Å². The maximum absolute atomic E-state index is 13.3. The van der Waals surface area contributed by atoms with E-state index in [1.54, 1.807) is 0 Å². The number of benzene rings is 1. The van der Waals surface area contributed by atoms with Gasteiger partial charge in [-0.2, -0.15) is 0 Å². The second kappa shape index (κ2) is 4.97. The first-order valence-corrected chi connectivity index (χ1v) is 6.05. The number of nitrogens with two attached hydrogens (primary N) is 1. The van der Waals surface area contributed by atoms with Gasteiger partial charge < -0.3 is 10.5 Å². The Morgan fingerprint density at radius 3 is 2.47 bits per heavy atom. The van der Waals surface area contributed by atoms with E-state index >= 15 is 0 Å². The Bertz CT molecular complexity index is 548. The van der Waals surface area contributed by atoms with Crippen molar-refractivity contribution in [1.29, 1.82) is 0 Å². The van der Waals surface area contributed by atoms with Crippen LogP contribution >= 0.6 is 31.9 Å². The fourth-order valence-electron chi connectivity index (χ4n) is 1.08. The van der Waals surface area contributed by atoms with E-state index in [0.717, 1.165) is 4.47 Å². The van der Waals surface area contributed by atoms with Gasteiger partial charge >= 0.3 is 6.01 Å². The summed E-state index contributed by atoms with van der Waals surface area (Å²) in [5, 5.41) is 0. The lowest BCUT2D eigenvalue weighted by molar-refractivity contribution is 0.439. The molecule has 0 fully saturated rings. The molecule has 2 aromatic rings. The highest BCUT2D eigenvalue weighted by molar-refractivity contribution is 9.10. The molecule has 1 heterocycles. The number of hydrogen-bond donors (Lipinski definition) is 1. The van der Waals surface area contributed by atoms with Gasteiger partial charge in [0.15, 0.2) is 5.75 Å². The third-order valence-electron chi connectivity index (χ3n) is 1.85. The molecule has 7 heteroatoms. The van der Waals surface area contributed by atoms with Crippen molar-refractivity contribution in [2.24, 2.45) is 0 Å². The van der Waals surface area contributed by atoms with Crippen LogP contribution in [0.5, 0.6) is 11.8 Å². The summed E-state index contributed by atoms with van der Waals surface area (Å²) in [4.78, 5) is 7.79. The van der Waals surface area contributed by atoms with Crippen LogP contribution in [0.4, 0.5) is 10.1 Å². The Hall–Kier alpha value is -1.21. The summed E-state index contributed by atoms with van der Waals surface area (Å²) in [6.45, 7) is 0. The van der Waals surface area contributed by atoms with Crippen molar-refractivity contribution in [2.75, 3.05) is 5.73 Å². The highest BCUT2D eigenvalue weighted by Crippen LogP contribution is 2.30. The largest absolute Gasteiger partial charge is 0.422 e. The monoisotopic (exact) mass is 361 g/mol. The molecular formula is C10H6Br2FN3O. The molecule has 1 aromatic heterocycles. The number of halogens is 3. The molecular weight excluding hydrogens is 357 g/mol. The van der Waals surface area contributed by atoms with Crippen LogP contribution in [-0.2, 0) is 0 Å². The van der Waals surface area contributed by atoms with Gasteiger partial charge in [0.25, 0.3) is 0 Å². The van der Waals surface area contributed by atoms with Gasteiger partial charge in [0.05, 0.1) is 14.6 Å². The molecule has 0 atom stereocenters. The Balaban J connectivity index is 2.30. The molecule has 2 N–H and O–H groups in total. The summed E-state index contributed by atoms with van der Waals surface area (Å²) in [6.07, 6.45) is 3.04. The minimum Gasteiger partial charge on any atom is -0.422 e. The zero-order valence-electron chi connectivity index (χ0n) is 8.32. The first-order chi connectivity index (χ1) is 8.06. The molecule has 4 nitrogen and oxygen atoms in total. The molecule has 0 bridgehead atoms. The molecule has 0 radical (unpaired) electrons. The van der Waals surface area contributed by atoms with E-state index in [0.29, 0.717) is 5.69 Å². The van der Waals surface area contributed by atoms with Gasteiger partial charge in [-0.05, 0) is 37.9 Å². The predicted octanol–water partition coefficient (Wildman–Crippen LogP) is 3.52. The average Bonchev–Trinajstić information content (AvgIpc) is 2.29. The molecule has 0 unspecified atom stereocenters. The van der Waals surface area contributed by atoms with Gasteiger partial charge in [-0.15, -0.1) is 0 Å². The Morgan fingerprint density at radius 1 is 1.18 bits per heavy atom. The fraction of sp³-hybridized carbons (Fsp3) is 0. The third kappa shape index (κ3) is 2.92. The van der Waals surface area contributed by atoms with Gasteiger partial charge in [-0.1, -0.05) is 0 Å². The van der Waals surface area contributed by atoms with Gasteiger partial charge in [0.2, 0.25) is 0 Å². The SMILES string of the molecule is Nc1cc(Br)c(F)cc1Oc1ncc(Br)cn1. The van der Waals surface area contributed by atoms with Gasteiger partial charge in [-0.3, -0.25) is 0 Å². The Morgan fingerprint density at radius 2 is 1.82 bits per heavy atom. The van der Waals surface area contributed by atoms with E-state index in [-0.39, 0.29) is 16.2 Å². The van der Waals surface area contributed by atoms with Gasteiger partial charge in [0, 0.05) is 18.5 Å². The maximum atomic E-state index is 13.3. The summed E-state index contributed by atoms with van der Waals surface area (Å²) in [7, 11) is 0. The lowest BCUT2D eigenvalue weighted by Crippen LogP contribution is -1.96. The number of rotatable bonds is 2. The van der Waals surface area contributed by atoms with Crippen LogP contribution in [0, 0.1) is 5.82 Å². The van der Waals surface area contributed by atoms with Crippen LogP contribution in [0.3, 0.4) is 0 Å².